The molecule has 0 saturated heterocycles. The van der Waals surface area contributed by atoms with E-state index in [4.69, 9.17) is 5.11 Å². The SMILES string of the molecule is Cc1cc(C)c(C(=O)O)c(-n2cc(C(F)(F)F)cn2)n1. The number of pyridine rings is 1. The topological polar surface area (TPSA) is 68.0 Å². The van der Waals surface area contributed by atoms with Crippen molar-refractivity contribution in [3.8, 4) is 5.82 Å². The Morgan fingerprint density at radius 3 is 2.50 bits per heavy atom. The maximum absolute atomic E-state index is 12.5. The quantitative estimate of drug-likeness (QED) is 0.921. The largest absolute Gasteiger partial charge is 0.478 e. The predicted molar refractivity (Wildman–Crippen MR) is 62.8 cm³/mol. The molecule has 5 nitrogen and oxygen atoms in total. The Morgan fingerprint density at radius 1 is 1.35 bits per heavy atom. The first-order chi connectivity index (χ1) is 9.20. The number of hydrogen-bond acceptors (Lipinski definition) is 3. The fourth-order valence-corrected chi connectivity index (χ4v) is 1.83. The number of carbonyl (C=O) groups is 1. The summed E-state index contributed by atoms with van der Waals surface area (Å²) in [5.74, 6) is -1.40. The van der Waals surface area contributed by atoms with Crippen LogP contribution in [0.25, 0.3) is 5.82 Å². The molecule has 106 valence electrons. The second-order valence-electron chi connectivity index (χ2n) is 4.26. The molecule has 0 saturated carbocycles. The minimum atomic E-state index is -4.54. The number of carboxylic acid groups (broad SMARTS) is 1. The first kappa shape index (κ1) is 14.0. The summed E-state index contributed by atoms with van der Waals surface area (Å²) in [6.45, 7) is 3.17. The fourth-order valence-electron chi connectivity index (χ4n) is 1.83. The van der Waals surface area contributed by atoms with Gasteiger partial charge >= 0.3 is 12.1 Å². The van der Waals surface area contributed by atoms with Crippen LogP contribution in [-0.2, 0) is 6.18 Å². The second-order valence-corrected chi connectivity index (χ2v) is 4.26. The number of hydrogen-bond donors (Lipinski definition) is 1. The molecule has 0 spiro atoms. The Kier molecular flexibility index (Phi) is 3.24. The van der Waals surface area contributed by atoms with Crippen molar-refractivity contribution in [2.75, 3.05) is 0 Å². The lowest BCUT2D eigenvalue weighted by atomic mass is 10.1. The molecular weight excluding hydrogens is 275 g/mol. The molecule has 0 atom stereocenters. The zero-order chi connectivity index (χ0) is 15.1. The molecule has 20 heavy (non-hydrogen) atoms. The number of halogens is 3. The lowest BCUT2D eigenvalue weighted by Crippen LogP contribution is -2.11. The average molecular weight is 285 g/mol. The Labute approximate surface area is 111 Å². The normalized spacial score (nSPS) is 11.7. The van der Waals surface area contributed by atoms with Crippen molar-refractivity contribution in [1.29, 1.82) is 0 Å². The first-order valence-corrected chi connectivity index (χ1v) is 5.54. The van der Waals surface area contributed by atoms with Crippen LogP contribution in [0.15, 0.2) is 18.5 Å². The summed E-state index contributed by atoms with van der Waals surface area (Å²) in [4.78, 5) is 15.2. The van der Waals surface area contributed by atoms with Gasteiger partial charge in [0, 0.05) is 11.9 Å². The third-order valence-corrected chi connectivity index (χ3v) is 2.67. The number of aryl methyl sites for hydroxylation is 2. The van der Waals surface area contributed by atoms with Gasteiger partial charge in [-0.3, -0.25) is 0 Å². The summed E-state index contributed by atoms with van der Waals surface area (Å²) in [6, 6.07) is 1.54. The second kappa shape index (κ2) is 4.62. The van der Waals surface area contributed by atoms with E-state index in [-0.39, 0.29) is 11.4 Å². The van der Waals surface area contributed by atoms with E-state index in [2.05, 4.69) is 10.1 Å². The Hall–Kier alpha value is -2.38. The standard InChI is InChI=1S/C12H10F3N3O2/c1-6-3-7(2)17-10(9(6)11(19)20)18-5-8(4-16-18)12(13,14)15/h3-5H,1-2H3,(H,19,20). The summed E-state index contributed by atoms with van der Waals surface area (Å²) < 4.78 is 38.5. The lowest BCUT2D eigenvalue weighted by Gasteiger charge is -2.09. The van der Waals surface area contributed by atoms with E-state index in [1.54, 1.807) is 19.9 Å². The van der Waals surface area contributed by atoms with E-state index in [0.29, 0.717) is 23.7 Å². The van der Waals surface area contributed by atoms with Crippen LogP contribution in [0.3, 0.4) is 0 Å². The van der Waals surface area contributed by atoms with Crippen LogP contribution in [0.5, 0.6) is 0 Å². The zero-order valence-electron chi connectivity index (χ0n) is 10.6. The fraction of sp³-hybridized carbons (Fsp3) is 0.250. The lowest BCUT2D eigenvalue weighted by molar-refractivity contribution is -0.137. The van der Waals surface area contributed by atoms with E-state index in [1.807, 2.05) is 0 Å². The average Bonchev–Trinajstić information content (AvgIpc) is 2.75. The molecule has 0 aromatic carbocycles. The highest BCUT2D eigenvalue weighted by molar-refractivity contribution is 5.92. The summed E-state index contributed by atoms with van der Waals surface area (Å²) in [5.41, 5.74) is -0.238. The molecule has 1 N–H and O–H groups in total. The van der Waals surface area contributed by atoms with Gasteiger partial charge in [0.1, 0.15) is 5.56 Å². The van der Waals surface area contributed by atoms with Crippen molar-refractivity contribution in [2.24, 2.45) is 0 Å². The maximum Gasteiger partial charge on any atom is 0.419 e. The van der Waals surface area contributed by atoms with E-state index >= 15 is 0 Å². The molecule has 0 aliphatic heterocycles. The first-order valence-electron chi connectivity index (χ1n) is 5.54. The number of rotatable bonds is 2. The molecule has 0 fully saturated rings. The van der Waals surface area contributed by atoms with Gasteiger partial charge in [-0.2, -0.15) is 18.3 Å². The smallest absolute Gasteiger partial charge is 0.419 e. The summed E-state index contributed by atoms with van der Waals surface area (Å²) in [5, 5.41) is 12.7. The van der Waals surface area contributed by atoms with Crippen LogP contribution in [0.4, 0.5) is 13.2 Å². The molecule has 0 aliphatic rings. The number of alkyl halides is 3. The summed E-state index contributed by atoms with van der Waals surface area (Å²) in [7, 11) is 0. The minimum absolute atomic E-state index is 0.134. The monoisotopic (exact) mass is 285 g/mol. The Morgan fingerprint density at radius 2 is 2.00 bits per heavy atom. The third kappa shape index (κ3) is 2.49. The molecule has 2 aromatic rings. The molecule has 0 aliphatic carbocycles. The molecule has 0 unspecified atom stereocenters. The van der Waals surface area contributed by atoms with Gasteiger partial charge in [-0.05, 0) is 25.5 Å². The highest BCUT2D eigenvalue weighted by Gasteiger charge is 2.33. The van der Waals surface area contributed by atoms with Gasteiger partial charge in [-0.1, -0.05) is 0 Å². The van der Waals surface area contributed by atoms with Crippen molar-refractivity contribution in [3.05, 3.63) is 40.8 Å². The predicted octanol–water partition coefficient (Wildman–Crippen LogP) is 2.60. The van der Waals surface area contributed by atoms with E-state index in [1.165, 1.54) is 0 Å². The Balaban J connectivity index is 2.63. The van der Waals surface area contributed by atoms with Gasteiger partial charge in [0.25, 0.3) is 0 Å². The molecule has 0 amide bonds. The van der Waals surface area contributed by atoms with Crippen molar-refractivity contribution in [2.45, 2.75) is 20.0 Å². The summed E-state index contributed by atoms with van der Waals surface area (Å²) in [6.07, 6.45) is -3.20. The van der Waals surface area contributed by atoms with Gasteiger partial charge in [-0.25, -0.2) is 14.5 Å². The molecule has 8 heteroatoms. The van der Waals surface area contributed by atoms with Gasteiger partial charge < -0.3 is 5.11 Å². The van der Waals surface area contributed by atoms with Crippen LogP contribution in [0.2, 0.25) is 0 Å². The molecular formula is C12H10F3N3O2. The van der Waals surface area contributed by atoms with Crippen LogP contribution in [0.1, 0.15) is 27.2 Å². The van der Waals surface area contributed by atoms with Crippen molar-refractivity contribution in [3.63, 3.8) is 0 Å². The van der Waals surface area contributed by atoms with Gasteiger partial charge in [0.15, 0.2) is 5.82 Å². The van der Waals surface area contributed by atoms with E-state index in [0.717, 1.165) is 4.68 Å². The number of carboxylic acids is 1. The highest BCUT2D eigenvalue weighted by Crippen LogP contribution is 2.29. The van der Waals surface area contributed by atoms with Crippen LogP contribution >= 0.6 is 0 Å². The molecule has 0 radical (unpaired) electrons. The van der Waals surface area contributed by atoms with E-state index < -0.39 is 17.7 Å². The van der Waals surface area contributed by atoms with Crippen molar-refractivity contribution >= 4 is 5.97 Å². The molecule has 0 bridgehead atoms. The maximum atomic E-state index is 12.5. The number of aromatic carboxylic acids is 1. The zero-order valence-corrected chi connectivity index (χ0v) is 10.6. The molecule has 2 aromatic heterocycles. The number of nitrogens with zero attached hydrogens (tertiary/aromatic N) is 3. The third-order valence-electron chi connectivity index (χ3n) is 2.67. The van der Waals surface area contributed by atoms with Gasteiger partial charge in [-0.15, -0.1) is 0 Å². The van der Waals surface area contributed by atoms with Crippen molar-refractivity contribution in [1.82, 2.24) is 14.8 Å². The minimum Gasteiger partial charge on any atom is -0.478 e. The number of aromatic nitrogens is 3. The summed E-state index contributed by atoms with van der Waals surface area (Å²) >= 11 is 0. The molecule has 2 heterocycles. The molecule has 2 rings (SSSR count). The van der Waals surface area contributed by atoms with Gasteiger partial charge in [0.2, 0.25) is 0 Å². The highest BCUT2D eigenvalue weighted by atomic mass is 19.4. The van der Waals surface area contributed by atoms with E-state index in [9.17, 15) is 18.0 Å². The van der Waals surface area contributed by atoms with Crippen LogP contribution in [-0.4, -0.2) is 25.8 Å². The van der Waals surface area contributed by atoms with Crippen LogP contribution in [0, 0.1) is 13.8 Å². The Bertz CT molecular complexity index is 677. The van der Waals surface area contributed by atoms with Crippen molar-refractivity contribution < 1.29 is 23.1 Å². The van der Waals surface area contributed by atoms with Gasteiger partial charge in [0.05, 0.1) is 11.8 Å². The van der Waals surface area contributed by atoms with Crippen LogP contribution < -0.4 is 0 Å².